The van der Waals surface area contributed by atoms with E-state index in [0.29, 0.717) is 17.9 Å². The van der Waals surface area contributed by atoms with Gasteiger partial charge in [0.25, 0.3) is 0 Å². The maximum atomic E-state index is 11.2. The molecule has 2 aromatic carbocycles. The molecule has 102 valence electrons. The number of carbonyl (C=O) groups is 1. The van der Waals surface area contributed by atoms with Crippen LogP contribution in [-0.2, 0) is 13.0 Å². The van der Waals surface area contributed by atoms with Gasteiger partial charge in [-0.05, 0) is 24.6 Å². The molecule has 0 aliphatic carbocycles. The molecule has 3 nitrogen and oxygen atoms in total. The summed E-state index contributed by atoms with van der Waals surface area (Å²) in [7, 11) is 0. The number of carbonyl (C=O) groups excluding carboxylic acids is 1. The lowest BCUT2D eigenvalue weighted by molar-refractivity contribution is 0.111. The summed E-state index contributed by atoms with van der Waals surface area (Å²) >= 11 is 0. The van der Waals surface area contributed by atoms with Crippen molar-refractivity contribution < 1.29 is 14.3 Å². The zero-order valence-corrected chi connectivity index (χ0v) is 11.3. The Hall–Kier alpha value is -2.29. The Labute approximate surface area is 118 Å². The van der Waals surface area contributed by atoms with Gasteiger partial charge in [0.05, 0.1) is 5.56 Å². The van der Waals surface area contributed by atoms with Gasteiger partial charge in [0.1, 0.15) is 24.2 Å². The second-order valence-electron chi connectivity index (χ2n) is 5.02. The maximum absolute atomic E-state index is 11.2. The predicted octanol–water partition coefficient (Wildman–Crippen LogP) is 3.40. The van der Waals surface area contributed by atoms with Gasteiger partial charge < -0.3 is 9.47 Å². The van der Waals surface area contributed by atoms with Crippen molar-refractivity contribution in [2.24, 2.45) is 0 Å². The minimum atomic E-state index is 0.161. The molecular weight excluding hydrogens is 252 g/mol. The van der Waals surface area contributed by atoms with Crippen LogP contribution in [0.15, 0.2) is 42.5 Å². The number of aldehydes is 1. The largest absolute Gasteiger partial charge is 0.490 e. The molecule has 3 rings (SSSR count). The van der Waals surface area contributed by atoms with Crippen molar-refractivity contribution >= 4 is 6.29 Å². The van der Waals surface area contributed by atoms with Crippen LogP contribution in [0, 0.1) is 0 Å². The molecule has 0 aromatic heterocycles. The molecule has 1 heterocycles. The van der Waals surface area contributed by atoms with Crippen LogP contribution in [0.5, 0.6) is 11.5 Å². The molecule has 0 spiro atoms. The van der Waals surface area contributed by atoms with Crippen LogP contribution in [-0.4, -0.2) is 12.4 Å². The normalized spacial score (nSPS) is 16.4. The van der Waals surface area contributed by atoms with Gasteiger partial charge in [0.15, 0.2) is 6.29 Å². The molecular formula is C17H16O3. The van der Waals surface area contributed by atoms with Gasteiger partial charge >= 0.3 is 0 Å². The van der Waals surface area contributed by atoms with Crippen LogP contribution in [0.4, 0.5) is 0 Å². The third-order valence-electron chi connectivity index (χ3n) is 3.39. The molecule has 0 N–H and O–H groups in total. The van der Waals surface area contributed by atoms with E-state index in [1.807, 2.05) is 43.3 Å². The summed E-state index contributed by atoms with van der Waals surface area (Å²) in [5.74, 6) is 1.42. The van der Waals surface area contributed by atoms with Crippen molar-refractivity contribution in [3.63, 3.8) is 0 Å². The fraction of sp³-hybridized carbons (Fsp3) is 0.235. The van der Waals surface area contributed by atoms with Crippen molar-refractivity contribution in [3.8, 4) is 11.5 Å². The molecule has 1 atom stereocenters. The monoisotopic (exact) mass is 268 g/mol. The number of ether oxygens (including phenoxy) is 2. The molecule has 0 saturated carbocycles. The second kappa shape index (κ2) is 5.37. The van der Waals surface area contributed by atoms with Gasteiger partial charge in [0, 0.05) is 12.0 Å². The molecule has 3 heteroatoms. The van der Waals surface area contributed by atoms with E-state index >= 15 is 0 Å². The van der Waals surface area contributed by atoms with Gasteiger partial charge in [0.2, 0.25) is 0 Å². The van der Waals surface area contributed by atoms with Gasteiger partial charge in [-0.3, -0.25) is 4.79 Å². The number of benzene rings is 2. The average molecular weight is 268 g/mol. The van der Waals surface area contributed by atoms with Crippen molar-refractivity contribution in [1.29, 1.82) is 0 Å². The Morgan fingerprint density at radius 2 is 2.10 bits per heavy atom. The standard InChI is InChI=1S/C17H16O3/c1-12-7-14-8-16(15(10-18)9-17(14)20-12)19-11-13-5-3-2-4-6-13/h2-6,8-10,12H,7,11H2,1H3/t12-/m1/s1. The third-order valence-corrected chi connectivity index (χ3v) is 3.39. The van der Waals surface area contributed by atoms with E-state index in [0.717, 1.165) is 29.6 Å². The molecule has 1 aliphatic heterocycles. The minimum absolute atomic E-state index is 0.161. The van der Waals surface area contributed by atoms with Crippen molar-refractivity contribution in [1.82, 2.24) is 0 Å². The lowest BCUT2D eigenvalue weighted by Crippen LogP contribution is -2.05. The summed E-state index contributed by atoms with van der Waals surface area (Å²) in [6, 6.07) is 13.6. The molecule has 20 heavy (non-hydrogen) atoms. The van der Waals surface area contributed by atoms with Crippen molar-refractivity contribution in [2.75, 3.05) is 0 Å². The highest BCUT2D eigenvalue weighted by Crippen LogP contribution is 2.34. The number of rotatable bonds is 4. The maximum Gasteiger partial charge on any atom is 0.153 e. The SMILES string of the molecule is C[C@@H]1Cc2cc(OCc3ccccc3)c(C=O)cc2O1. The molecule has 2 aromatic rings. The lowest BCUT2D eigenvalue weighted by Gasteiger charge is -2.10. The first-order valence-corrected chi connectivity index (χ1v) is 6.72. The molecule has 0 unspecified atom stereocenters. The van der Waals surface area contributed by atoms with Crippen LogP contribution in [0.25, 0.3) is 0 Å². The summed E-state index contributed by atoms with van der Waals surface area (Å²) in [6.07, 6.45) is 1.83. The summed E-state index contributed by atoms with van der Waals surface area (Å²) in [5, 5.41) is 0. The first kappa shape index (κ1) is 12.7. The van der Waals surface area contributed by atoms with Gasteiger partial charge in [-0.15, -0.1) is 0 Å². The Morgan fingerprint density at radius 3 is 2.85 bits per heavy atom. The lowest BCUT2D eigenvalue weighted by atomic mass is 10.1. The summed E-state index contributed by atoms with van der Waals surface area (Å²) in [5.41, 5.74) is 2.72. The fourth-order valence-electron chi connectivity index (χ4n) is 2.41. The Bertz CT molecular complexity index is 620. The second-order valence-corrected chi connectivity index (χ2v) is 5.02. The summed E-state index contributed by atoms with van der Waals surface area (Å²) in [4.78, 5) is 11.2. The molecule has 0 fully saturated rings. The van der Waals surface area contributed by atoms with Crippen LogP contribution < -0.4 is 9.47 Å². The smallest absolute Gasteiger partial charge is 0.153 e. The molecule has 0 radical (unpaired) electrons. The fourth-order valence-corrected chi connectivity index (χ4v) is 2.41. The molecule has 0 bridgehead atoms. The number of hydrogen-bond acceptors (Lipinski definition) is 3. The van der Waals surface area contributed by atoms with E-state index < -0.39 is 0 Å². The Morgan fingerprint density at radius 1 is 1.30 bits per heavy atom. The van der Waals surface area contributed by atoms with E-state index in [4.69, 9.17) is 9.47 Å². The van der Waals surface area contributed by atoms with Crippen molar-refractivity contribution in [3.05, 3.63) is 59.2 Å². The summed E-state index contributed by atoms with van der Waals surface area (Å²) < 4.78 is 11.4. The molecule has 1 aliphatic rings. The van der Waals surface area contributed by atoms with E-state index in [1.54, 1.807) is 6.07 Å². The molecule has 0 saturated heterocycles. The number of fused-ring (bicyclic) bond motifs is 1. The summed E-state index contributed by atoms with van der Waals surface area (Å²) in [6.45, 7) is 2.47. The topological polar surface area (TPSA) is 35.5 Å². The number of hydrogen-bond donors (Lipinski definition) is 0. The highest BCUT2D eigenvalue weighted by Gasteiger charge is 2.21. The minimum Gasteiger partial charge on any atom is -0.490 e. The van der Waals surface area contributed by atoms with Crippen LogP contribution in [0.2, 0.25) is 0 Å². The van der Waals surface area contributed by atoms with Crippen LogP contribution in [0.1, 0.15) is 28.4 Å². The van der Waals surface area contributed by atoms with Crippen molar-refractivity contribution in [2.45, 2.75) is 26.1 Å². The van der Waals surface area contributed by atoms with Gasteiger partial charge in [-0.1, -0.05) is 30.3 Å². The zero-order valence-electron chi connectivity index (χ0n) is 11.3. The highest BCUT2D eigenvalue weighted by molar-refractivity contribution is 5.81. The first-order valence-electron chi connectivity index (χ1n) is 6.72. The van der Waals surface area contributed by atoms with Crippen LogP contribution >= 0.6 is 0 Å². The van der Waals surface area contributed by atoms with E-state index in [-0.39, 0.29) is 6.10 Å². The van der Waals surface area contributed by atoms with Gasteiger partial charge in [-0.2, -0.15) is 0 Å². The average Bonchev–Trinajstić information content (AvgIpc) is 2.84. The van der Waals surface area contributed by atoms with Crippen LogP contribution in [0.3, 0.4) is 0 Å². The zero-order chi connectivity index (χ0) is 13.9. The Balaban J connectivity index is 1.82. The molecule has 0 amide bonds. The third kappa shape index (κ3) is 2.52. The van der Waals surface area contributed by atoms with E-state index in [9.17, 15) is 4.79 Å². The first-order chi connectivity index (χ1) is 9.76. The quantitative estimate of drug-likeness (QED) is 0.797. The van der Waals surface area contributed by atoms with E-state index in [1.165, 1.54) is 0 Å². The van der Waals surface area contributed by atoms with Gasteiger partial charge in [-0.25, -0.2) is 0 Å². The predicted molar refractivity (Wildman–Crippen MR) is 76.4 cm³/mol. The van der Waals surface area contributed by atoms with E-state index in [2.05, 4.69) is 0 Å². The Kier molecular flexibility index (Phi) is 3.42. The highest BCUT2D eigenvalue weighted by atomic mass is 16.5.